The summed E-state index contributed by atoms with van der Waals surface area (Å²) in [5.41, 5.74) is 4.02. The van der Waals surface area contributed by atoms with E-state index in [1.54, 1.807) is 12.1 Å². The fourth-order valence-corrected chi connectivity index (χ4v) is 2.88. The van der Waals surface area contributed by atoms with E-state index in [0.717, 1.165) is 12.1 Å². The second-order valence-corrected chi connectivity index (χ2v) is 6.02. The van der Waals surface area contributed by atoms with E-state index >= 15 is 0 Å². The topological polar surface area (TPSA) is 127 Å². The molecule has 3 aromatic rings. The van der Waals surface area contributed by atoms with Crippen LogP contribution in [0.4, 0.5) is 19.0 Å². The number of halogens is 3. The van der Waals surface area contributed by atoms with E-state index in [-0.39, 0.29) is 28.3 Å². The smallest absolute Gasteiger partial charge is 0.416 e. The molecular formula is C20H11F3N4O2. The lowest BCUT2D eigenvalue weighted by Crippen LogP contribution is -2.16. The molecule has 1 aromatic heterocycles. The van der Waals surface area contributed by atoms with Crippen LogP contribution in [0.15, 0.2) is 47.3 Å². The Hall–Kier alpha value is -4.24. The van der Waals surface area contributed by atoms with Crippen LogP contribution >= 0.6 is 0 Å². The molecule has 2 aromatic carbocycles. The maximum Gasteiger partial charge on any atom is 0.416 e. The van der Waals surface area contributed by atoms with Crippen LogP contribution in [0.1, 0.15) is 16.7 Å². The average molecular weight is 396 g/mol. The van der Waals surface area contributed by atoms with Crippen molar-refractivity contribution in [1.82, 2.24) is 4.98 Å². The number of hydrogen-bond acceptors (Lipinski definition) is 5. The van der Waals surface area contributed by atoms with Crippen LogP contribution in [0.25, 0.3) is 22.3 Å². The highest BCUT2D eigenvalue weighted by Crippen LogP contribution is 2.38. The number of alkyl halides is 3. The van der Waals surface area contributed by atoms with Gasteiger partial charge in [-0.3, -0.25) is 4.79 Å². The van der Waals surface area contributed by atoms with Gasteiger partial charge >= 0.3 is 6.18 Å². The van der Waals surface area contributed by atoms with Crippen molar-refractivity contribution in [3.63, 3.8) is 0 Å². The van der Waals surface area contributed by atoms with Gasteiger partial charge in [-0.2, -0.15) is 23.7 Å². The summed E-state index contributed by atoms with van der Waals surface area (Å²) in [6, 6.07) is 11.9. The highest BCUT2D eigenvalue weighted by molar-refractivity contribution is 5.86. The first kappa shape index (κ1) is 19.5. The molecule has 0 aliphatic carbocycles. The first-order valence-corrected chi connectivity index (χ1v) is 8.04. The Balaban J connectivity index is 2.24. The Morgan fingerprint density at radius 3 is 2.10 bits per heavy atom. The number of nitrogen functional groups attached to an aromatic ring is 1. The van der Waals surface area contributed by atoms with E-state index in [0.29, 0.717) is 11.1 Å². The van der Waals surface area contributed by atoms with Crippen molar-refractivity contribution in [1.29, 1.82) is 10.5 Å². The summed E-state index contributed by atoms with van der Waals surface area (Å²) in [4.78, 5) is 14.3. The van der Waals surface area contributed by atoms with Crippen molar-refractivity contribution >= 4 is 5.82 Å². The summed E-state index contributed by atoms with van der Waals surface area (Å²) in [7, 11) is 0. The van der Waals surface area contributed by atoms with Gasteiger partial charge in [0, 0.05) is 11.1 Å². The molecule has 3 rings (SSSR count). The van der Waals surface area contributed by atoms with Crippen molar-refractivity contribution in [2.24, 2.45) is 0 Å². The number of aromatic amines is 1. The Bertz CT molecular complexity index is 1250. The SMILES string of the molecule is N#Cc1c(N)[nH]c(=O)c(C#N)c1-c1cc(-c2ccc(C(F)(F)F)cc2)ccc1O. The summed E-state index contributed by atoms with van der Waals surface area (Å²) >= 11 is 0. The summed E-state index contributed by atoms with van der Waals surface area (Å²) in [5, 5.41) is 29.0. The van der Waals surface area contributed by atoms with E-state index < -0.39 is 22.9 Å². The monoisotopic (exact) mass is 396 g/mol. The van der Waals surface area contributed by atoms with E-state index in [4.69, 9.17) is 5.73 Å². The minimum atomic E-state index is -4.48. The molecule has 4 N–H and O–H groups in total. The minimum absolute atomic E-state index is 0.0201. The van der Waals surface area contributed by atoms with Crippen LogP contribution in [-0.2, 0) is 6.18 Å². The second-order valence-electron chi connectivity index (χ2n) is 6.02. The molecule has 0 aliphatic heterocycles. The van der Waals surface area contributed by atoms with E-state index in [1.165, 1.54) is 30.3 Å². The number of anilines is 1. The maximum absolute atomic E-state index is 12.8. The van der Waals surface area contributed by atoms with Gasteiger partial charge in [-0.25, -0.2) is 0 Å². The molecule has 0 saturated carbocycles. The number of hydrogen-bond donors (Lipinski definition) is 3. The number of aromatic hydroxyl groups is 1. The van der Waals surface area contributed by atoms with Crippen LogP contribution in [0, 0.1) is 22.7 Å². The molecule has 0 aliphatic rings. The van der Waals surface area contributed by atoms with Crippen molar-refractivity contribution in [3.05, 3.63) is 69.5 Å². The van der Waals surface area contributed by atoms with Gasteiger partial charge in [0.25, 0.3) is 5.56 Å². The van der Waals surface area contributed by atoms with Crippen molar-refractivity contribution in [2.75, 3.05) is 5.73 Å². The lowest BCUT2D eigenvalue weighted by molar-refractivity contribution is -0.137. The Kier molecular flexibility index (Phi) is 4.75. The molecule has 0 bridgehead atoms. The standard InChI is InChI=1S/C20H11F3N4O2/c21-20(22,23)12-4-1-10(2-5-12)11-3-6-16(28)13(7-11)17-14(8-24)18(26)27-19(29)15(17)9-25/h1-7,28H,(H3,26,27,29). The van der Waals surface area contributed by atoms with E-state index in [9.17, 15) is 33.6 Å². The zero-order chi connectivity index (χ0) is 21.3. The third-order valence-corrected chi connectivity index (χ3v) is 4.28. The van der Waals surface area contributed by atoms with E-state index in [2.05, 4.69) is 4.98 Å². The number of nitriles is 2. The van der Waals surface area contributed by atoms with Crippen LogP contribution in [0.2, 0.25) is 0 Å². The van der Waals surface area contributed by atoms with Gasteiger partial charge in [0.1, 0.15) is 34.8 Å². The number of nitrogens with two attached hydrogens (primary N) is 1. The Morgan fingerprint density at radius 2 is 1.55 bits per heavy atom. The van der Waals surface area contributed by atoms with Crippen LogP contribution in [-0.4, -0.2) is 10.1 Å². The number of H-pyrrole nitrogens is 1. The molecule has 0 saturated heterocycles. The predicted molar refractivity (Wildman–Crippen MR) is 98.4 cm³/mol. The highest BCUT2D eigenvalue weighted by atomic mass is 19.4. The molecule has 0 radical (unpaired) electrons. The molecule has 0 unspecified atom stereocenters. The summed E-state index contributed by atoms with van der Waals surface area (Å²) < 4.78 is 38.3. The zero-order valence-electron chi connectivity index (χ0n) is 14.5. The second kappa shape index (κ2) is 7.06. The van der Waals surface area contributed by atoms with E-state index in [1.807, 2.05) is 0 Å². The summed E-state index contributed by atoms with van der Waals surface area (Å²) in [6.07, 6.45) is -4.48. The van der Waals surface area contributed by atoms with Crippen LogP contribution < -0.4 is 11.3 Å². The summed E-state index contributed by atoms with van der Waals surface area (Å²) in [5.74, 6) is -0.607. The van der Waals surface area contributed by atoms with Crippen LogP contribution in [0.5, 0.6) is 5.75 Å². The number of rotatable bonds is 2. The number of nitrogens with zero attached hydrogens (tertiary/aromatic N) is 2. The van der Waals surface area contributed by atoms with Gasteiger partial charge in [0.05, 0.1) is 5.56 Å². The average Bonchev–Trinajstić information content (AvgIpc) is 2.67. The number of aromatic nitrogens is 1. The molecule has 0 fully saturated rings. The van der Waals surface area contributed by atoms with Gasteiger partial charge in [-0.1, -0.05) is 18.2 Å². The molecule has 0 spiro atoms. The Morgan fingerprint density at radius 1 is 0.966 bits per heavy atom. The largest absolute Gasteiger partial charge is 0.507 e. The molecule has 144 valence electrons. The molecule has 29 heavy (non-hydrogen) atoms. The number of phenolic OH excluding ortho intramolecular Hbond substituents is 1. The fraction of sp³-hybridized carbons (Fsp3) is 0.0500. The van der Waals surface area contributed by atoms with Gasteiger partial charge in [-0.15, -0.1) is 0 Å². The molecular weight excluding hydrogens is 385 g/mol. The lowest BCUT2D eigenvalue weighted by Gasteiger charge is -2.13. The summed E-state index contributed by atoms with van der Waals surface area (Å²) in [6.45, 7) is 0. The van der Waals surface area contributed by atoms with Gasteiger partial charge in [0.15, 0.2) is 0 Å². The molecule has 9 heteroatoms. The van der Waals surface area contributed by atoms with Crippen molar-refractivity contribution in [2.45, 2.75) is 6.18 Å². The first-order valence-electron chi connectivity index (χ1n) is 8.04. The molecule has 1 heterocycles. The zero-order valence-corrected chi connectivity index (χ0v) is 14.5. The number of benzene rings is 2. The van der Waals surface area contributed by atoms with Crippen molar-refractivity contribution in [3.8, 4) is 40.1 Å². The third kappa shape index (κ3) is 3.49. The molecule has 6 nitrogen and oxygen atoms in total. The van der Waals surface area contributed by atoms with Crippen LogP contribution in [0.3, 0.4) is 0 Å². The first-order chi connectivity index (χ1) is 13.7. The number of phenols is 1. The number of nitrogens with one attached hydrogen (secondary N) is 1. The molecule has 0 atom stereocenters. The molecule has 0 amide bonds. The minimum Gasteiger partial charge on any atom is -0.507 e. The predicted octanol–water partition coefficient (Wildman–Crippen LogP) is 3.76. The Labute approximate surface area is 161 Å². The van der Waals surface area contributed by atoms with Crippen molar-refractivity contribution < 1.29 is 18.3 Å². The highest BCUT2D eigenvalue weighted by Gasteiger charge is 2.30. The normalized spacial score (nSPS) is 10.9. The lowest BCUT2D eigenvalue weighted by atomic mass is 9.92. The third-order valence-electron chi connectivity index (χ3n) is 4.28. The van der Waals surface area contributed by atoms with Gasteiger partial charge in [-0.05, 0) is 35.4 Å². The maximum atomic E-state index is 12.8. The quantitative estimate of drug-likeness (QED) is 0.608. The fourth-order valence-electron chi connectivity index (χ4n) is 2.88. The number of pyridine rings is 1. The van der Waals surface area contributed by atoms with Gasteiger partial charge in [0.2, 0.25) is 0 Å². The van der Waals surface area contributed by atoms with Gasteiger partial charge < -0.3 is 15.8 Å².